The first-order valence-corrected chi connectivity index (χ1v) is 9.16. The van der Waals surface area contributed by atoms with Crippen molar-refractivity contribution in [2.75, 3.05) is 31.7 Å². The molecule has 0 amide bonds. The van der Waals surface area contributed by atoms with Crippen molar-refractivity contribution in [3.8, 4) is 0 Å². The Bertz CT molecular complexity index is 722. The Morgan fingerprint density at radius 2 is 2.21 bits per heavy atom. The number of ether oxygens (including phenoxy) is 2. The van der Waals surface area contributed by atoms with Crippen LogP contribution in [0.4, 0.5) is 11.4 Å². The van der Waals surface area contributed by atoms with Gasteiger partial charge in [-0.3, -0.25) is 10.1 Å². The molecular formula is C12H16BrN3O7S. The maximum absolute atomic E-state index is 11.5. The topological polar surface area (TPSA) is 154 Å². The lowest BCUT2D eigenvalue weighted by Crippen LogP contribution is -2.41. The van der Waals surface area contributed by atoms with Crippen LogP contribution in [-0.2, 0) is 19.5 Å². The fourth-order valence-corrected chi connectivity index (χ4v) is 4.06. The lowest BCUT2D eigenvalue weighted by atomic mass is 10.2. The molecule has 0 radical (unpaired) electrons. The average Bonchev–Trinajstić information content (AvgIpc) is 2.51. The Labute approximate surface area is 146 Å². The Morgan fingerprint density at radius 3 is 2.75 bits per heavy atom. The number of aliphatic hydroxyl groups is 1. The summed E-state index contributed by atoms with van der Waals surface area (Å²) in [5.41, 5.74) is -0.419. The van der Waals surface area contributed by atoms with Crippen LogP contribution in [0, 0.1) is 10.1 Å². The number of hydrogen-bond donors (Lipinski definition) is 3. The molecule has 24 heavy (non-hydrogen) atoms. The smallest absolute Gasteiger partial charge is 0.292 e. The molecule has 10 nitrogen and oxygen atoms in total. The van der Waals surface area contributed by atoms with Crippen molar-refractivity contribution in [2.45, 2.75) is 17.1 Å². The molecule has 1 heterocycles. The van der Waals surface area contributed by atoms with Gasteiger partial charge in [-0.1, -0.05) is 0 Å². The van der Waals surface area contributed by atoms with Crippen LogP contribution in [-0.4, -0.2) is 57.0 Å². The summed E-state index contributed by atoms with van der Waals surface area (Å²) in [6, 6.07) is 2.37. The minimum atomic E-state index is -4.28. The quantitative estimate of drug-likeness (QED) is 0.430. The number of sulfonamides is 1. The number of aliphatic hydroxyl groups excluding tert-OH is 1. The summed E-state index contributed by atoms with van der Waals surface area (Å²) in [4.78, 5) is 9.66. The number of primary sulfonamides is 1. The lowest BCUT2D eigenvalue weighted by molar-refractivity contribution is -0.387. The molecule has 1 aromatic carbocycles. The van der Waals surface area contributed by atoms with E-state index in [4.69, 9.17) is 14.6 Å². The third kappa shape index (κ3) is 4.62. The third-order valence-corrected chi connectivity index (χ3v) is 5.18. The molecule has 0 bridgehead atoms. The first kappa shape index (κ1) is 19.0. The molecule has 2 rings (SSSR count). The van der Waals surface area contributed by atoms with Crippen molar-refractivity contribution in [3.63, 3.8) is 0 Å². The highest BCUT2D eigenvalue weighted by molar-refractivity contribution is 9.10. The number of nitrogens with two attached hydrogens (primary N) is 1. The van der Waals surface area contributed by atoms with Crippen LogP contribution >= 0.6 is 15.9 Å². The zero-order valence-corrected chi connectivity index (χ0v) is 14.7. The van der Waals surface area contributed by atoms with Gasteiger partial charge in [0.25, 0.3) is 5.69 Å². The van der Waals surface area contributed by atoms with Crippen LogP contribution in [0.25, 0.3) is 0 Å². The van der Waals surface area contributed by atoms with Gasteiger partial charge < -0.3 is 19.9 Å². The Kier molecular flexibility index (Phi) is 6.11. The monoisotopic (exact) mass is 425 g/mol. The van der Waals surface area contributed by atoms with E-state index in [1.54, 1.807) is 0 Å². The molecule has 1 aromatic rings. The van der Waals surface area contributed by atoms with E-state index in [9.17, 15) is 23.6 Å². The van der Waals surface area contributed by atoms with E-state index < -0.39 is 37.7 Å². The van der Waals surface area contributed by atoms with Crippen molar-refractivity contribution < 1.29 is 27.9 Å². The van der Waals surface area contributed by atoms with Gasteiger partial charge in [0, 0.05) is 22.8 Å². The molecule has 1 aliphatic heterocycles. The number of rotatable bonds is 6. The predicted molar refractivity (Wildman–Crippen MR) is 87.2 cm³/mol. The van der Waals surface area contributed by atoms with E-state index in [-0.39, 0.29) is 23.3 Å². The minimum absolute atomic E-state index is 0.0341. The number of nitrogens with one attached hydrogen (secondary N) is 1. The van der Waals surface area contributed by atoms with Gasteiger partial charge in [-0.05, 0) is 22.0 Å². The highest BCUT2D eigenvalue weighted by Gasteiger charge is 2.28. The number of anilines is 1. The first-order valence-electron chi connectivity index (χ1n) is 6.82. The molecule has 12 heteroatoms. The summed E-state index contributed by atoms with van der Waals surface area (Å²) >= 11 is 2.97. The van der Waals surface area contributed by atoms with Crippen molar-refractivity contribution in [1.82, 2.24) is 0 Å². The number of benzene rings is 1. The zero-order chi connectivity index (χ0) is 17.9. The molecule has 4 N–H and O–H groups in total. The average molecular weight is 426 g/mol. The molecule has 1 aliphatic rings. The van der Waals surface area contributed by atoms with E-state index in [0.717, 1.165) is 6.07 Å². The van der Waals surface area contributed by atoms with E-state index in [2.05, 4.69) is 21.2 Å². The van der Waals surface area contributed by atoms with Gasteiger partial charge in [-0.2, -0.15) is 0 Å². The molecule has 1 saturated heterocycles. The molecular weight excluding hydrogens is 410 g/mol. The molecule has 0 spiro atoms. The molecule has 0 saturated carbocycles. The van der Waals surface area contributed by atoms with Crippen molar-refractivity contribution in [2.24, 2.45) is 5.14 Å². The Hall–Kier alpha value is -1.31. The van der Waals surface area contributed by atoms with E-state index in [0.29, 0.717) is 13.2 Å². The maximum atomic E-state index is 11.5. The summed E-state index contributed by atoms with van der Waals surface area (Å²) in [6.45, 7) is 1.12. The van der Waals surface area contributed by atoms with Gasteiger partial charge in [0.05, 0.1) is 30.8 Å². The van der Waals surface area contributed by atoms with Crippen molar-refractivity contribution >= 4 is 37.3 Å². The van der Waals surface area contributed by atoms with Crippen molar-refractivity contribution in [1.29, 1.82) is 0 Å². The van der Waals surface area contributed by atoms with E-state index in [1.807, 2.05) is 0 Å². The zero-order valence-electron chi connectivity index (χ0n) is 12.3. The predicted octanol–water partition coefficient (Wildman–Crippen LogP) is 0.193. The second-order valence-electron chi connectivity index (χ2n) is 5.04. The third-order valence-electron chi connectivity index (χ3n) is 3.29. The van der Waals surface area contributed by atoms with Crippen LogP contribution in [0.1, 0.15) is 0 Å². The summed E-state index contributed by atoms with van der Waals surface area (Å²) in [7, 11) is -4.28. The number of halogens is 1. The fourth-order valence-electron chi connectivity index (χ4n) is 2.18. The van der Waals surface area contributed by atoms with Crippen LogP contribution in [0.2, 0.25) is 0 Å². The Balaban J connectivity index is 2.18. The van der Waals surface area contributed by atoms with Gasteiger partial charge in [-0.15, -0.1) is 0 Å². The molecule has 2 atom stereocenters. The Morgan fingerprint density at radius 1 is 1.50 bits per heavy atom. The van der Waals surface area contributed by atoms with Crippen LogP contribution < -0.4 is 10.5 Å². The lowest BCUT2D eigenvalue weighted by Gasteiger charge is -2.27. The maximum Gasteiger partial charge on any atom is 0.292 e. The largest absolute Gasteiger partial charge is 0.388 e. The highest BCUT2D eigenvalue weighted by Crippen LogP contribution is 2.34. The summed E-state index contributed by atoms with van der Waals surface area (Å²) < 4.78 is 33.5. The molecule has 1 fully saturated rings. The summed E-state index contributed by atoms with van der Waals surface area (Å²) in [5, 5.41) is 29.0. The SMILES string of the molecule is NS(=O)(=O)c1c(Br)cc(NC[C@H](O)C2COCCO2)cc1[N+](=O)[O-]. The van der Waals surface area contributed by atoms with Gasteiger partial charge >= 0.3 is 0 Å². The fraction of sp³-hybridized carbons (Fsp3) is 0.500. The van der Waals surface area contributed by atoms with Gasteiger partial charge in [-0.25, -0.2) is 13.6 Å². The molecule has 134 valence electrons. The van der Waals surface area contributed by atoms with E-state index in [1.165, 1.54) is 6.07 Å². The first-order chi connectivity index (χ1) is 11.2. The molecule has 0 aromatic heterocycles. The number of nitrogens with zero attached hydrogens (tertiary/aromatic N) is 1. The highest BCUT2D eigenvalue weighted by atomic mass is 79.9. The van der Waals surface area contributed by atoms with Gasteiger partial charge in [0.15, 0.2) is 4.90 Å². The second kappa shape index (κ2) is 7.72. The minimum Gasteiger partial charge on any atom is -0.388 e. The number of nitro benzene ring substituents is 1. The molecule has 1 unspecified atom stereocenters. The van der Waals surface area contributed by atoms with Gasteiger partial charge in [0.2, 0.25) is 10.0 Å². The van der Waals surface area contributed by atoms with Crippen LogP contribution in [0.3, 0.4) is 0 Å². The molecule has 0 aliphatic carbocycles. The standard InChI is InChI=1S/C12H16BrN3O7S/c13-8-3-7(4-9(16(18)19)12(8)24(14,20)21)15-5-10(17)11-6-22-1-2-23-11/h3-4,10-11,15,17H,1-2,5-6H2,(H2,14,20,21)/t10-,11?/m0/s1. The number of nitro groups is 1. The van der Waals surface area contributed by atoms with Crippen LogP contribution in [0.5, 0.6) is 0 Å². The van der Waals surface area contributed by atoms with Crippen molar-refractivity contribution in [3.05, 3.63) is 26.7 Å². The van der Waals surface area contributed by atoms with E-state index >= 15 is 0 Å². The summed E-state index contributed by atoms with van der Waals surface area (Å²) in [5.74, 6) is 0. The summed E-state index contributed by atoms with van der Waals surface area (Å²) in [6.07, 6.45) is -1.41. The normalized spacial score (nSPS) is 19.7. The van der Waals surface area contributed by atoms with Crippen LogP contribution in [0.15, 0.2) is 21.5 Å². The second-order valence-corrected chi connectivity index (χ2v) is 7.39. The van der Waals surface area contributed by atoms with Gasteiger partial charge in [0.1, 0.15) is 6.10 Å². The number of hydrogen-bond acceptors (Lipinski definition) is 8.